The molecule has 3 heteroatoms. The molecule has 0 unspecified atom stereocenters. The van der Waals surface area contributed by atoms with Crippen molar-refractivity contribution < 1.29 is 4.79 Å². The number of isocyanates is 1. The molecule has 0 saturated carbocycles. The van der Waals surface area contributed by atoms with Gasteiger partial charge in [-0.15, -0.1) is 4.40 Å². The summed E-state index contributed by atoms with van der Waals surface area (Å²) in [6.45, 7) is 4.23. The highest BCUT2D eigenvalue weighted by molar-refractivity contribution is 7.98. The van der Waals surface area contributed by atoms with E-state index in [1.54, 1.807) is 0 Å². The average Bonchev–Trinajstić information content (AvgIpc) is 2.15. The van der Waals surface area contributed by atoms with Crippen molar-refractivity contribution in [3.8, 4) is 0 Å². The number of hydrogen-bond acceptors (Lipinski definition) is 3. The highest BCUT2D eigenvalue weighted by Crippen LogP contribution is 2.28. The normalized spacial score (nSPS) is 9.77. The Morgan fingerprint density at radius 2 is 2.08 bits per heavy atom. The minimum absolute atomic E-state index is 0.450. The third-order valence-electron chi connectivity index (χ3n) is 1.72. The zero-order valence-electron chi connectivity index (χ0n) is 7.65. The molecule has 0 spiro atoms. The molecule has 68 valence electrons. The number of nitrogens with zero attached hydrogens (tertiary/aromatic N) is 1. The van der Waals surface area contributed by atoms with Crippen LogP contribution in [0.3, 0.4) is 0 Å². The van der Waals surface area contributed by atoms with Gasteiger partial charge in [0.15, 0.2) is 0 Å². The maximum absolute atomic E-state index is 9.95. The van der Waals surface area contributed by atoms with Crippen LogP contribution in [0, 0.1) is 0 Å². The second kappa shape index (κ2) is 4.85. The van der Waals surface area contributed by atoms with Crippen LogP contribution in [0.25, 0.3) is 0 Å². The summed E-state index contributed by atoms with van der Waals surface area (Å²) < 4.78 is 3.50. The first-order chi connectivity index (χ1) is 6.25. The standard InChI is InChI=1S/C10H11NOS/c1-8(2)9-5-3-4-6-10(9)13-11-7-12/h3-6,8H,1-2H3. The summed E-state index contributed by atoms with van der Waals surface area (Å²) in [5.74, 6) is 0.450. The molecule has 0 atom stereocenters. The Balaban J connectivity index is 2.97. The highest BCUT2D eigenvalue weighted by Gasteiger charge is 2.05. The van der Waals surface area contributed by atoms with E-state index in [-0.39, 0.29) is 0 Å². The van der Waals surface area contributed by atoms with Crippen LogP contribution < -0.4 is 0 Å². The molecule has 1 rings (SSSR count). The first-order valence-electron chi connectivity index (χ1n) is 4.09. The van der Waals surface area contributed by atoms with Crippen LogP contribution in [0.5, 0.6) is 0 Å². The number of carbonyl (C=O) groups excluding carboxylic acids is 1. The molecule has 0 aliphatic rings. The van der Waals surface area contributed by atoms with Crippen LogP contribution in [-0.4, -0.2) is 6.08 Å². The molecule has 0 amide bonds. The zero-order chi connectivity index (χ0) is 9.68. The lowest BCUT2D eigenvalue weighted by atomic mass is 10.0. The Morgan fingerprint density at radius 3 is 2.69 bits per heavy atom. The Hall–Kier alpha value is -1.05. The summed E-state index contributed by atoms with van der Waals surface area (Å²) in [5, 5.41) is 0. The fourth-order valence-electron chi connectivity index (χ4n) is 1.11. The maximum atomic E-state index is 9.95. The van der Waals surface area contributed by atoms with Gasteiger partial charge in [-0.25, -0.2) is 4.79 Å². The summed E-state index contributed by atoms with van der Waals surface area (Å²) in [4.78, 5) is 11.0. The van der Waals surface area contributed by atoms with E-state index < -0.39 is 0 Å². The van der Waals surface area contributed by atoms with Gasteiger partial charge in [-0.3, -0.25) is 0 Å². The average molecular weight is 193 g/mol. The van der Waals surface area contributed by atoms with Crippen LogP contribution >= 0.6 is 11.9 Å². The summed E-state index contributed by atoms with van der Waals surface area (Å²) in [7, 11) is 0. The van der Waals surface area contributed by atoms with Gasteiger partial charge in [-0.2, -0.15) is 0 Å². The summed E-state index contributed by atoms with van der Waals surface area (Å²) in [6.07, 6.45) is 1.52. The number of benzene rings is 1. The lowest BCUT2D eigenvalue weighted by Gasteiger charge is -2.08. The van der Waals surface area contributed by atoms with Crippen LogP contribution in [0.1, 0.15) is 25.3 Å². The SMILES string of the molecule is CC(C)c1ccccc1SN=C=O. The van der Waals surface area contributed by atoms with Gasteiger partial charge in [0.1, 0.15) is 0 Å². The molecular formula is C10H11NOS. The van der Waals surface area contributed by atoms with Gasteiger partial charge in [-0.1, -0.05) is 32.0 Å². The molecule has 1 aromatic carbocycles. The molecule has 0 bridgehead atoms. The van der Waals surface area contributed by atoms with Gasteiger partial charge < -0.3 is 0 Å². The van der Waals surface area contributed by atoms with Gasteiger partial charge in [-0.05, 0) is 17.5 Å². The largest absolute Gasteiger partial charge is 0.247 e. The van der Waals surface area contributed by atoms with Gasteiger partial charge >= 0.3 is 0 Å². The third-order valence-corrected chi connectivity index (χ3v) is 2.46. The molecule has 1 aromatic rings. The van der Waals surface area contributed by atoms with Crippen molar-refractivity contribution in [3.05, 3.63) is 29.8 Å². The molecule has 0 fully saturated rings. The van der Waals surface area contributed by atoms with Gasteiger partial charge in [0.05, 0.1) is 0 Å². The van der Waals surface area contributed by atoms with Crippen LogP contribution in [0.4, 0.5) is 0 Å². The predicted octanol–water partition coefficient (Wildman–Crippen LogP) is 3.15. The van der Waals surface area contributed by atoms with Crippen molar-refractivity contribution in [2.45, 2.75) is 24.7 Å². The smallest absolute Gasteiger partial charge is 0.210 e. The number of hydrogen-bond donors (Lipinski definition) is 0. The minimum atomic E-state index is 0.450. The zero-order valence-corrected chi connectivity index (χ0v) is 8.47. The first-order valence-corrected chi connectivity index (χ1v) is 4.86. The van der Waals surface area contributed by atoms with E-state index in [1.165, 1.54) is 23.6 Å². The van der Waals surface area contributed by atoms with E-state index >= 15 is 0 Å². The van der Waals surface area contributed by atoms with Crippen molar-refractivity contribution in [2.24, 2.45) is 4.40 Å². The lowest BCUT2D eigenvalue weighted by Crippen LogP contribution is -1.88. The molecule has 13 heavy (non-hydrogen) atoms. The van der Waals surface area contributed by atoms with Gasteiger partial charge in [0.25, 0.3) is 0 Å². The molecule has 0 heterocycles. The monoisotopic (exact) mass is 193 g/mol. The highest BCUT2D eigenvalue weighted by atomic mass is 32.2. The Morgan fingerprint density at radius 1 is 1.38 bits per heavy atom. The molecule has 0 N–H and O–H groups in total. The lowest BCUT2D eigenvalue weighted by molar-refractivity contribution is 0.566. The summed E-state index contributed by atoms with van der Waals surface area (Å²) >= 11 is 1.18. The van der Waals surface area contributed by atoms with Crippen molar-refractivity contribution in [1.29, 1.82) is 0 Å². The molecule has 0 aliphatic heterocycles. The van der Waals surface area contributed by atoms with Gasteiger partial charge in [0, 0.05) is 16.8 Å². The van der Waals surface area contributed by atoms with Crippen LogP contribution in [-0.2, 0) is 4.79 Å². The molecular weight excluding hydrogens is 182 g/mol. The quantitative estimate of drug-likeness (QED) is 0.419. The number of rotatable bonds is 3. The molecule has 0 saturated heterocycles. The third kappa shape index (κ3) is 2.72. The first kappa shape index (κ1) is 10.0. The predicted molar refractivity (Wildman–Crippen MR) is 54.5 cm³/mol. The second-order valence-corrected chi connectivity index (χ2v) is 3.77. The van der Waals surface area contributed by atoms with E-state index in [1.807, 2.05) is 24.3 Å². The van der Waals surface area contributed by atoms with Crippen molar-refractivity contribution >= 4 is 18.0 Å². The second-order valence-electron chi connectivity index (χ2n) is 2.97. The molecule has 0 aliphatic carbocycles. The van der Waals surface area contributed by atoms with E-state index in [9.17, 15) is 4.79 Å². The van der Waals surface area contributed by atoms with E-state index in [4.69, 9.17) is 0 Å². The Labute approximate surface area is 82.2 Å². The fourth-order valence-corrected chi connectivity index (χ4v) is 1.79. The molecule has 2 nitrogen and oxygen atoms in total. The van der Waals surface area contributed by atoms with Gasteiger partial charge in [0.2, 0.25) is 6.08 Å². The molecule has 0 radical (unpaired) electrons. The topological polar surface area (TPSA) is 29.4 Å². The van der Waals surface area contributed by atoms with Crippen molar-refractivity contribution in [2.75, 3.05) is 0 Å². The van der Waals surface area contributed by atoms with Crippen LogP contribution in [0.2, 0.25) is 0 Å². The maximum Gasteiger partial charge on any atom is 0.247 e. The van der Waals surface area contributed by atoms with Crippen molar-refractivity contribution in [3.63, 3.8) is 0 Å². The summed E-state index contributed by atoms with van der Waals surface area (Å²) in [5.41, 5.74) is 1.21. The van der Waals surface area contributed by atoms with Crippen LogP contribution in [0.15, 0.2) is 33.6 Å². The minimum Gasteiger partial charge on any atom is -0.210 e. The summed E-state index contributed by atoms with van der Waals surface area (Å²) in [6, 6.07) is 7.94. The van der Waals surface area contributed by atoms with Crippen molar-refractivity contribution in [1.82, 2.24) is 0 Å². The van der Waals surface area contributed by atoms with E-state index in [0.717, 1.165) is 4.90 Å². The van der Waals surface area contributed by atoms with E-state index in [0.29, 0.717) is 5.92 Å². The fraction of sp³-hybridized carbons (Fsp3) is 0.300. The molecule has 0 aromatic heterocycles. The Bertz CT molecular complexity index is 329. The van der Waals surface area contributed by atoms with E-state index in [2.05, 4.69) is 18.2 Å². The Kier molecular flexibility index (Phi) is 3.74.